The second kappa shape index (κ2) is 6.90. The summed E-state index contributed by atoms with van der Waals surface area (Å²) in [6.07, 6.45) is -2.70. The monoisotopic (exact) mass is 283 g/mol. The van der Waals surface area contributed by atoms with Gasteiger partial charge in [0.1, 0.15) is 0 Å². The molecule has 1 aliphatic carbocycles. The summed E-state index contributed by atoms with van der Waals surface area (Å²) >= 11 is 0. The summed E-state index contributed by atoms with van der Waals surface area (Å²) in [7, 11) is 0. The van der Waals surface area contributed by atoms with Crippen molar-refractivity contribution in [3.63, 3.8) is 0 Å². The molecule has 2 N–H and O–H groups in total. The number of alkyl halides is 3. The number of nitrogens with one attached hydrogen (secondary N) is 1. The summed E-state index contributed by atoms with van der Waals surface area (Å²) < 4.78 is 41.4. The van der Waals surface area contributed by atoms with Crippen molar-refractivity contribution in [3.05, 3.63) is 0 Å². The van der Waals surface area contributed by atoms with E-state index < -0.39 is 12.6 Å². The van der Waals surface area contributed by atoms with E-state index in [4.69, 9.17) is 4.74 Å². The summed E-state index contributed by atoms with van der Waals surface area (Å²) in [4.78, 5) is 0. The molecule has 19 heavy (non-hydrogen) atoms. The van der Waals surface area contributed by atoms with Gasteiger partial charge in [-0.05, 0) is 25.7 Å². The smallest absolute Gasteiger partial charge is 0.389 e. The first-order valence-corrected chi connectivity index (χ1v) is 6.83. The predicted octanol–water partition coefficient (Wildman–Crippen LogP) is 2.63. The van der Waals surface area contributed by atoms with Crippen LogP contribution in [0.4, 0.5) is 13.2 Å². The number of halogens is 3. The molecule has 0 bridgehead atoms. The van der Waals surface area contributed by atoms with Gasteiger partial charge in [0.2, 0.25) is 0 Å². The molecule has 6 heteroatoms. The fraction of sp³-hybridized carbons (Fsp3) is 1.00. The number of hydrogen-bond acceptors (Lipinski definition) is 3. The van der Waals surface area contributed by atoms with Gasteiger partial charge in [0, 0.05) is 24.6 Å². The van der Waals surface area contributed by atoms with Crippen LogP contribution in [0.1, 0.15) is 46.0 Å². The van der Waals surface area contributed by atoms with E-state index in [2.05, 4.69) is 5.32 Å². The van der Waals surface area contributed by atoms with Crippen molar-refractivity contribution in [2.24, 2.45) is 0 Å². The Hall–Kier alpha value is -0.330. The summed E-state index contributed by atoms with van der Waals surface area (Å²) in [6.45, 7) is 4.19. The molecular weight excluding hydrogens is 259 g/mol. The van der Waals surface area contributed by atoms with Crippen LogP contribution in [0, 0.1) is 0 Å². The van der Waals surface area contributed by atoms with Gasteiger partial charge in [0.05, 0.1) is 12.7 Å². The van der Waals surface area contributed by atoms with Crippen molar-refractivity contribution in [2.45, 2.75) is 69.8 Å². The molecular formula is C13H24F3NO2. The first-order valence-electron chi connectivity index (χ1n) is 6.83. The van der Waals surface area contributed by atoms with Gasteiger partial charge in [-0.2, -0.15) is 13.2 Å². The summed E-state index contributed by atoms with van der Waals surface area (Å²) in [5, 5.41) is 12.8. The average molecular weight is 283 g/mol. The number of hydrogen-bond donors (Lipinski definition) is 2. The molecule has 0 heterocycles. The van der Waals surface area contributed by atoms with E-state index in [-0.39, 0.29) is 37.3 Å². The van der Waals surface area contributed by atoms with Crippen molar-refractivity contribution in [2.75, 3.05) is 13.2 Å². The minimum absolute atomic E-state index is 0.00370. The van der Waals surface area contributed by atoms with Crippen molar-refractivity contribution in [1.29, 1.82) is 0 Å². The zero-order chi connectivity index (χ0) is 14.5. The van der Waals surface area contributed by atoms with Crippen LogP contribution in [0.3, 0.4) is 0 Å². The number of aliphatic hydroxyl groups excluding tert-OH is 1. The summed E-state index contributed by atoms with van der Waals surface area (Å²) in [5.74, 6) is 0. The lowest BCUT2D eigenvalue weighted by atomic mass is 9.97. The fourth-order valence-corrected chi connectivity index (χ4v) is 2.67. The maximum atomic E-state index is 12.0. The standard InChI is InChI=1S/C13H24F3NO2/c1-10(2)17-12(9-18)6-4-11(8-12)19-7-3-5-13(14,15)16/h10-11,17-18H,3-9H2,1-2H3. The van der Waals surface area contributed by atoms with Gasteiger partial charge < -0.3 is 15.2 Å². The molecule has 1 saturated carbocycles. The molecule has 0 saturated heterocycles. The highest BCUT2D eigenvalue weighted by Crippen LogP contribution is 2.32. The first kappa shape index (κ1) is 16.7. The molecule has 3 nitrogen and oxygen atoms in total. The van der Waals surface area contributed by atoms with Crippen LogP contribution in [-0.4, -0.2) is 42.2 Å². The Balaban J connectivity index is 2.27. The van der Waals surface area contributed by atoms with Gasteiger partial charge in [-0.25, -0.2) is 0 Å². The molecule has 114 valence electrons. The Morgan fingerprint density at radius 2 is 2.11 bits per heavy atom. The van der Waals surface area contributed by atoms with Gasteiger partial charge in [-0.1, -0.05) is 13.8 Å². The Labute approximate surface area is 112 Å². The van der Waals surface area contributed by atoms with Gasteiger partial charge >= 0.3 is 6.18 Å². The molecule has 0 amide bonds. The molecule has 0 aromatic rings. The van der Waals surface area contributed by atoms with E-state index in [0.717, 1.165) is 12.8 Å². The quantitative estimate of drug-likeness (QED) is 0.706. The molecule has 0 aromatic carbocycles. The molecule has 0 radical (unpaired) electrons. The predicted molar refractivity (Wildman–Crippen MR) is 67.0 cm³/mol. The van der Waals surface area contributed by atoms with Gasteiger partial charge in [0.25, 0.3) is 0 Å². The summed E-state index contributed by atoms with van der Waals surface area (Å²) in [6, 6.07) is 0.260. The van der Waals surface area contributed by atoms with Crippen molar-refractivity contribution >= 4 is 0 Å². The molecule has 1 rings (SSSR count). The Kier molecular flexibility index (Phi) is 6.08. The maximum absolute atomic E-state index is 12.0. The second-order valence-electron chi connectivity index (χ2n) is 5.69. The highest BCUT2D eigenvalue weighted by molar-refractivity contribution is 4.97. The third kappa shape index (κ3) is 6.10. The van der Waals surface area contributed by atoms with E-state index in [1.54, 1.807) is 0 Å². The molecule has 0 aromatic heterocycles. The molecule has 0 aliphatic heterocycles. The van der Waals surface area contributed by atoms with E-state index in [1.165, 1.54) is 0 Å². The number of ether oxygens (including phenoxy) is 1. The fourth-order valence-electron chi connectivity index (χ4n) is 2.67. The van der Waals surface area contributed by atoms with E-state index >= 15 is 0 Å². The van der Waals surface area contributed by atoms with Gasteiger partial charge in [-0.3, -0.25) is 0 Å². The second-order valence-corrected chi connectivity index (χ2v) is 5.69. The van der Waals surface area contributed by atoms with E-state index in [0.29, 0.717) is 6.42 Å². The van der Waals surface area contributed by atoms with Crippen LogP contribution >= 0.6 is 0 Å². The number of rotatable bonds is 7. The third-order valence-electron chi connectivity index (χ3n) is 3.42. The van der Waals surface area contributed by atoms with Crippen molar-refractivity contribution in [3.8, 4) is 0 Å². The highest BCUT2D eigenvalue weighted by Gasteiger charge is 2.39. The first-order chi connectivity index (χ1) is 8.76. The van der Waals surface area contributed by atoms with Crippen LogP contribution in [0.2, 0.25) is 0 Å². The molecule has 1 fully saturated rings. The normalized spacial score (nSPS) is 28.3. The van der Waals surface area contributed by atoms with Crippen molar-refractivity contribution in [1.82, 2.24) is 5.32 Å². The Morgan fingerprint density at radius 3 is 2.63 bits per heavy atom. The molecule has 2 atom stereocenters. The minimum Gasteiger partial charge on any atom is -0.394 e. The Morgan fingerprint density at radius 1 is 1.42 bits per heavy atom. The lowest BCUT2D eigenvalue weighted by molar-refractivity contribution is -0.138. The molecule has 1 aliphatic rings. The SMILES string of the molecule is CC(C)NC1(CO)CCC(OCCCC(F)(F)F)C1. The van der Waals surface area contributed by atoms with Crippen LogP contribution in [0.15, 0.2) is 0 Å². The van der Waals surface area contributed by atoms with Gasteiger partial charge in [0.15, 0.2) is 0 Å². The van der Waals surface area contributed by atoms with Gasteiger partial charge in [-0.15, -0.1) is 0 Å². The van der Waals surface area contributed by atoms with Crippen LogP contribution in [0.5, 0.6) is 0 Å². The zero-order valence-corrected chi connectivity index (χ0v) is 11.6. The molecule has 0 spiro atoms. The zero-order valence-electron chi connectivity index (χ0n) is 11.6. The van der Waals surface area contributed by atoms with Crippen molar-refractivity contribution < 1.29 is 23.0 Å². The summed E-state index contributed by atoms with van der Waals surface area (Å²) in [5.41, 5.74) is -0.330. The molecule has 2 unspecified atom stereocenters. The highest BCUT2D eigenvalue weighted by atomic mass is 19.4. The topological polar surface area (TPSA) is 41.5 Å². The third-order valence-corrected chi connectivity index (χ3v) is 3.42. The van der Waals surface area contributed by atoms with E-state index in [1.807, 2.05) is 13.8 Å². The maximum Gasteiger partial charge on any atom is 0.389 e. The van der Waals surface area contributed by atoms with Crippen LogP contribution in [-0.2, 0) is 4.74 Å². The average Bonchev–Trinajstić information content (AvgIpc) is 2.67. The van der Waals surface area contributed by atoms with Crippen LogP contribution in [0.25, 0.3) is 0 Å². The Bertz CT molecular complexity index is 271. The van der Waals surface area contributed by atoms with E-state index in [9.17, 15) is 18.3 Å². The largest absolute Gasteiger partial charge is 0.394 e. The number of aliphatic hydroxyl groups is 1. The minimum atomic E-state index is -4.10. The lowest BCUT2D eigenvalue weighted by Crippen LogP contribution is -2.50. The van der Waals surface area contributed by atoms with Crippen LogP contribution < -0.4 is 5.32 Å². The lowest BCUT2D eigenvalue weighted by Gasteiger charge is -2.31.